The molecule has 0 atom stereocenters. The first kappa shape index (κ1) is 13.3. The standard InChI is InChI=1S/C18H16OS/c1-3-7-16-13(2)18(10-14-11-19-12-17(14)16)20-15-8-5-4-6-9-15/h4-6,8-10H,11-12H2,1-2H3. The molecule has 2 heteroatoms. The maximum Gasteiger partial charge on any atom is 0.0737 e. The Balaban J connectivity index is 2.07. The summed E-state index contributed by atoms with van der Waals surface area (Å²) in [5.74, 6) is 6.29. The van der Waals surface area contributed by atoms with E-state index in [-0.39, 0.29) is 0 Å². The van der Waals surface area contributed by atoms with Crippen LogP contribution in [0.4, 0.5) is 0 Å². The van der Waals surface area contributed by atoms with Crippen LogP contribution in [0.15, 0.2) is 46.2 Å². The summed E-state index contributed by atoms with van der Waals surface area (Å²) < 4.78 is 5.59. The summed E-state index contributed by atoms with van der Waals surface area (Å²) in [5.41, 5.74) is 4.97. The predicted octanol–water partition coefficient (Wildman–Crippen LogP) is 4.55. The molecule has 0 spiro atoms. The number of hydrogen-bond donors (Lipinski definition) is 0. The van der Waals surface area contributed by atoms with E-state index in [9.17, 15) is 0 Å². The molecule has 0 amide bonds. The van der Waals surface area contributed by atoms with Crippen molar-refractivity contribution in [2.45, 2.75) is 36.9 Å². The van der Waals surface area contributed by atoms with E-state index in [0.717, 1.165) is 5.56 Å². The number of benzene rings is 2. The zero-order valence-electron chi connectivity index (χ0n) is 11.7. The Morgan fingerprint density at radius 1 is 1.15 bits per heavy atom. The van der Waals surface area contributed by atoms with Gasteiger partial charge in [-0.2, -0.15) is 0 Å². The maximum absolute atomic E-state index is 5.59. The molecule has 0 radical (unpaired) electrons. The Labute approximate surface area is 124 Å². The number of fused-ring (bicyclic) bond motifs is 1. The van der Waals surface area contributed by atoms with Gasteiger partial charge in [0.25, 0.3) is 0 Å². The van der Waals surface area contributed by atoms with Crippen molar-refractivity contribution in [2.75, 3.05) is 0 Å². The molecule has 0 aromatic heterocycles. The molecule has 0 saturated carbocycles. The molecule has 1 nitrogen and oxygen atoms in total. The predicted molar refractivity (Wildman–Crippen MR) is 82.8 cm³/mol. The number of rotatable bonds is 2. The second-order valence-corrected chi connectivity index (χ2v) is 5.91. The Morgan fingerprint density at radius 3 is 2.70 bits per heavy atom. The first-order valence-corrected chi connectivity index (χ1v) is 7.50. The summed E-state index contributed by atoms with van der Waals surface area (Å²) in [7, 11) is 0. The first-order valence-electron chi connectivity index (χ1n) is 6.68. The molecule has 2 aromatic carbocycles. The maximum atomic E-state index is 5.59. The van der Waals surface area contributed by atoms with Crippen LogP contribution in [0.2, 0.25) is 0 Å². The van der Waals surface area contributed by atoms with Gasteiger partial charge in [0, 0.05) is 15.4 Å². The fraction of sp³-hybridized carbons (Fsp3) is 0.222. The Kier molecular flexibility index (Phi) is 3.82. The third kappa shape index (κ3) is 2.47. The van der Waals surface area contributed by atoms with Gasteiger partial charge in [0.05, 0.1) is 13.2 Å². The molecular formula is C18H16OS. The summed E-state index contributed by atoms with van der Waals surface area (Å²) in [6.45, 7) is 5.44. The third-order valence-corrected chi connectivity index (χ3v) is 4.62. The fourth-order valence-electron chi connectivity index (χ4n) is 2.44. The van der Waals surface area contributed by atoms with Crippen molar-refractivity contribution < 1.29 is 4.74 Å². The molecule has 0 saturated heterocycles. The first-order chi connectivity index (χ1) is 9.79. The van der Waals surface area contributed by atoms with Crippen molar-refractivity contribution in [1.82, 2.24) is 0 Å². The molecule has 20 heavy (non-hydrogen) atoms. The van der Waals surface area contributed by atoms with Gasteiger partial charge in [-0.1, -0.05) is 35.9 Å². The Bertz CT molecular complexity index is 693. The highest BCUT2D eigenvalue weighted by Crippen LogP contribution is 2.36. The second-order valence-electron chi connectivity index (χ2n) is 4.80. The van der Waals surface area contributed by atoms with E-state index in [1.54, 1.807) is 11.8 Å². The van der Waals surface area contributed by atoms with Crippen LogP contribution in [0.3, 0.4) is 0 Å². The number of ether oxygens (including phenoxy) is 1. The van der Waals surface area contributed by atoms with Gasteiger partial charge in [0.15, 0.2) is 0 Å². The van der Waals surface area contributed by atoms with Crippen LogP contribution in [0.1, 0.15) is 29.2 Å². The summed E-state index contributed by atoms with van der Waals surface area (Å²) in [6.07, 6.45) is 0. The van der Waals surface area contributed by atoms with Crippen molar-refractivity contribution in [1.29, 1.82) is 0 Å². The van der Waals surface area contributed by atoms with E-state index >= 15 is 0 Å². The molecular weight excluding hydrogens is 264 g/mol. The molecule has 0 N–H and O–H groups in total. The lowest BCUT2D eigenvalue weighted by atomic mass is 9.99. The summed E-state index contributed by atoms with van der Waals surface area (Å²) >= 11 is 1.80. The molecule has 0 fully saturated rings. The lowest BCUT2D eigenvalue weighted by Gasteiger charge is -2.12. The van der Waals surface area contributed by atoms with Crippen molar-refractivity contribution in [2.24, 2.45) is 0 Å². The molecule has 0 bridgehead atoms. The van der Waals surface area contributed by atoms with E-state index in [0.29, 0.717) is 13.2 Å². The second kappa shape index (κ2) is 5.75. The quantitative estimate of drug-likeness (QED) is 0.746. The molecule has 1 aliphatic heterocycles. The molecule has 0 unspecified atom stereocenters. The van der Waals surface area contributed by atoms with Crippen LogP contribution in [-0.2, 0) is 18.0 Å². The minimum Gasteiger partial charge on any atom is -0.372 e. The van der Waals surface area contributed by atoms with Crippen LogP contribution in [0.25, 0.3) is 0 Å². The van der Waals surface area contributed by atoms with Crippen LogP contribution in [0.5, 0.6) is 0 Å². The molecule has 100 valence electrons. The van der Waals surface area contributed by atoms with E-state index < -0.39 is 0 Å². The molecule has 2 aromatic rings. The average Bonchev–Trinajstić information content (AvgIpc) is 2.92. The molecule has 1 heterocycles. The van der Waals surface area contributed by atoms with Gasteiger partial charge in [0.1, 0.15) is 0 Å². The average molecular weight is 280 g/mol. The van der Waals surface area contributed by atoms with Gasteiger partial charge in [-0.3, -0.25) is 0 Å². The third-order valence-electron chi connectivity index (χ3n) is 3.46. The van der Waals surface area contributed by atoms with E-state index in [2.05, 4.69) is 49.1 Å². The Morgan fingerprint density at radius 2 is 1.95 bits per heavy atom. The molecule has 3 rings (SSSR count). The van der Waals surface area contributed by atoms with Crippen LogP contribution < -0.4 is 0 Å². The molecule has 1 aliphatic rings. The largest absolute Gasteiger partial charge is 0.372 e. The van der Waals surface area contributed by atoms with Gasteiger partial charge in [-0.25, -0.2) is 0 Å². The number of hydrogen-bond acceptors (Lipinski definition) is 2. The summed E-state index contributed by atoms with van der Waals surface area (Å²) in [5, 5.41) is 0. The Hall–Kier alpha value is -1.69. The van der Waals surface area contributed by atoms with E-state index in [1.165, 1.54) is 26.5 Å². The SMILES string of the molecule is CC#Cc1c(C)c(Sc2ccccc2)cc2c1COC2. The van der Waals surface area contributed by atoms with Gasteiger partial charge in [0.2, 0.25) is 0 Å². The van der Waals surface area contributed by atoms with Gasteiger partial charge < -0.3 is 4.74 Å². The molecule has 0 aliphatic carbocycles. The highest BCUT2D eigenvalue weighted by atomic mass is 32.2. The zero-order chi connectivity index (χ0) is 13.9. The monoisotopic (exact) mass is 280 g/mol. The van der Waals surface area contributed by atoms with E-state index in [4.69, 9.17) is 4.74 Å². The highest BCUT2D eigenvalue weighted by Gasteiger charge is 2.19. The lowest BCUT2D eigenvalue weighted by molar-refractivity contribution is 0.134. The normalized spacial score (nSPS) is 12.7. The van der Waals surface area contributed by atoms with Gasteiger partial charge >= 0.3 is 0 Å². The van der Waals surface area contributed by atoms with Crippen molar-refractivity contribution >= 4 is 11.8 Å². The zero-order valence-corrected chi connectivity index (χ0v) is 12.5. The lowest BCUT2D eigenvalue weighted by Crippen LogP contribution is -1.95. The van der Waals surface area contributed by atoms with Crippen LogP contribution >= 0.6 is 11.8 Å². The fourth-order valence-corrected chi connectivity index (χ4v) is 3.44. The summed E-state index contributed by atoms with van der Waals surface area (Å²) in [6, 6.07) is 12.7. The van der Waals surface area contributed by atoms with Gasteiger partial charge in [-0.05, 0) is 48.7 Å². The van der Waals surface area contributed by atoms with Crippen LogP contribution in [-0.4, -0.2) is 0 Å². The van der Waals surface area contributed by atoms with Crippen molar-refractivity contribution in [3.8, 4) is 11.8 Å². The van der Waals surface area contributed by atoms with E-state index in [1.807, 2.05) is 13.0 Å². The highest BCUT2D eigenvalue weighted by molar-refractivity contribution is 7.99. The minimum atomic E-state index is 0.691. The topological polar surface area (TPSA) is 9.23 Å². The van der Waals surface area contributed by atoms with Crippen molar-refractivity contribution in [3.63, 3.8) is 0 Å². The summed E-state index contributed by atoms with van der Waals surface area (Å²) in [4.78, 5) is 2.53. The van der Waals surface area contributed by atoms with Crippen LogP contribution in [0, 0.1) is 18.8 Å². The minimum absolute atomic E-state index is 0.691. The van der Waals surface area contributed by atoms with Gasteiger partial charge in [-0.15, -0.1) is 5.92 Å². The smallest absolute Gasteiger partial charge is 0.0737 e. The van der Waals surface area contributed by atoms with Crippen molar-refractivity contribution in [3.05, 3.63) is 58.7 Å².